The first-order valence-electron chi connectivity index (χ1n) is 6.44. The number of hydrogen-bond donors (Lipinski definition) is 1. The quantitative estimate of drug-likeness (QED) is 0.859. The van der Waals surface area contributed by atoms with Crippen LogP contribution in [-0.2, 0) is 4.79 Å². The van der Waals surface area contributed by atoms with Crippen LogP contribution in [0.25, 0.3) is 0 Å². The van der Waals surface area contributed by atoms with Gasteiger partial charge in [0.25, 0.3) is 0 Å². The predicted molar refractivity (Wildman–Crippen MR) is 75.6 cm³/mol. The minimum atomic E-state index is -0.768. The molecule has 2 atom stereocenters. The Morgan fingerprint density at radius 2 is 2.05 bits per heavy atom. The van der Waals surface area contributed by atoms with Crippen LogP contribution >= 0.6 is 0 Å². The van der Waals surface area contributed by atoms with Gasteiger partial charge in [0.15, 0.2) is 0 Å². The van der Waals surface area contributed by atoms with E-state index in [4.69, 9.17) is 9.84 Å². The number of carboxylic acids is 1. The molecule has 1 N–H and O–H groups in total. The van der Waals surface area contributed by atoms with Crippen molar-refractivity contribution in [2.75, 3.05) is 20.7 Å². The second-order valence-electron chi connectivity index (χ2n) is 5.10. The number of hydrogen-bond acceptors (Lipinski definition) is 3. The molecular weight excluding hydrogens is 242 g/mol. The summed E-state index contributed by atoms with van der Waals surface area (Å²) in [6.07, 6.45) is 0. The van der Waals surface area contributed by atoms with E-state index in [1.807, 2.05) is 31.0 Å². The molecule has 0 spiro atoms. The average molecular weight is 265 g/mol. The summed E-state index contributed by atoms with van der Waals surface area (Å²) in [6, 6.07) is 6.16. The lowest BCUT2D eigenvalue weighted by atomic mass is 10.0. The first-order valence-corrected chi connectivity index (χ1v) is 6.44. The van der Waals surface area contributed by atoms with Crippen molar-refractivity contribution in [3.8, 4) is 5.75 Å². The zero-order chi connectivity index (χ0) is 14.6. The van der Waals surface area contributed by atoms with Crippen LogP contribution in [0, 0.1) is 12.8 Å². The molecule has 19 heavy (non-hydrogen) atoms. The Hall–Kier alpha value is -1.55. The fraction of sp³-hybridized carbons (Fsp3) is 0.533. The maximum atomic E-state index is 10.9. The highest BCUT2D eigenvalue weighted by atomic mass is 16.5. The molecule has 0 heterocycles. The zero-order valence-corrected chi connectivity index (χ0v) is 12.3. The minimum absolute atomic E-state index is 0.108. The van der Waals surface area contributed by atoms with Gasteiger partial charge in [-0.2, -0.15) is 0 Å². The molecule has 0 radical (unpaired) electrons. The van der Waals surface area contributed by atoms with Gasteiger partial charge in [0, 0.05) is 18.2 Å². The van der Waals surface area contributed by atoms with Crippen molar-refractivity contribution in [3.63, 3.8) is 0 Å². The molecule has 0 amide bonds. The van der Waals surface area contributed by atoms with Gasteiger partial charge in [0.2, 0.25) is 0 Å². The molecule has 0 fully saturated rings. The van der Waals surface area contributed by atoms with Gasteiger partial charge in [0.05, 0.1) is 13.0 Å². The van der Waals surface area contributed by atoms with Crippen LogP contribution in [0.15, 0.2) is 18.2 Å². The van der Waals surface area contributed by atoms with Crippen LogP contribution in [0.1, 0.15) is 31.0 Å². The predicted octanol–water partition coefficient (Wildman–Crippen LogP) is 2.72. The minimum Gasteiger partial charge on any atom is -0.496 e. The van der Waals surface area contributed by atoms with Crippen LogP contribution in [0.2, 0.25) is 0 Å². The molecule has 0 aromatic heterocycles. The second kappa shape index (κ2) is 6.57. The van der Waals surface area contributed by atoms with Gasteiger partial charge in [-0.05, 0) is 27.0 Å². The lowest BCUT2D eigenvalue weighted by Crippen LogP contribution is -2.31. The maximum Gasteiger partial charge on any atom is 0.307 e. The van der Waals surface area contributed by atoms with Crippen molar-refractivity contribution in [1.29, 1.82) is 0 Å². The fourth-order valence-electron chi connectivity index (χ4n) is 2.09. The van der Waals surface area contributed by atoms with E-state index in [1.165, 1.54) is 5.56 Å². The van der Waals surface area contributed by atoms with E-state index >= 15 is 0 Å². The highest BCUT2D eigenvalue weighted by Gasteiger charge is 2.20. The molecule has 0 aliphatic rings. The number of carbonyl (C=O) groups is 1. The number of aliphatic carboxylic acids is 1. The number of ether oxygens (including phenoxy) is 1. The van der Waals surface area contributed by atoms with Gasteiger partial charge in [-0.15, -0.1) is 0 Å². The summed E-state index contributed by atoms with van der Waals surface area (Å²) in [4.78, 5) is 13.0. The Balaban J connectivity index is 2.89. The Morgan fingerprint density at radius 3 is 2.58 bits per heavy atom. The van der Waals surface area contributed by atoms with E-state index in [0.717, 1.165) is 11.3 Å². The number of nitrogens with zero attached hydrogens (tertiary/aromatic N) is 1. The van der Waals surface area contributed by atoms with Crippen LogP contribution in [0.3, 0.4) is 0 Å². The molecule has 4 nitrogen and oxygen atoms in total. The van der Waals surface area contributed by atoms with Gasteiger partial charge in [0.1, 0.15) is 5.75 Å². The van der Waals surface area contributed by atoms with Crippen molar-refractivity contribution in [2.24, 2.45) is 5.92 Å². The molecule has 2 unspecified atom stereocenters. The number of benzene rings is 1. The normalized spacial score (nSPS) is 14.2. The summed E-state index contributed by atoms with van der Waals surface area (Å²) >= 11 is 0. The Labute approximate surface area is 115 Å². The van der Waals surface area contributed by atoms with E-state index in [9.17, 15) is 4.79 Å². The van der Waals surface area contributed by atoms with Crippen LogP contribution in [0.5, 0.6) is 5.75 Å². The zero-order valence-electron chi connectivity index (χ0n) is 12.3. The molecule has 4 heteroatoms. The molecular formula is C15H23NO3. The summed E-state index contributed by atoms with van der Waals surface area (Å²) in [5.41, 5.74) is 2.25. The molecule has 106 valence electrons. The molecule has 1 rings (SSSR count). The van der Waals surface area contributed by atoms with Crippen molar-refractivity contribution in [1.82, 2.24) is 4.90 Å². The first-order chi connectivity index (χ1) is 8.86. The fourth-order valence-corrected chi connectivity index (χ4v) is 2.09. The largest absolute Gasteiger partial charge is 0.496 e. The van der Waals surface area contributed by atoms with Gasteiger partial charge in [-0.1, -0.05) is 24.6 Å². The number of carboxylic acid groups (broad SMARTS) is 1. The summed E-state index contributed by atoms with van der Waals surface area (Å²) in [5, 5.41) is 8.98. The van der Waals surface area contributed by atoms with Crippen molar-refractivity contribution in [3.05, 3.63) is 29.3 Å². The smallest absolute Gasteiger partial charge is 0.307 e. The van der Waals surface area contributed by atoms with Gasteiger partial charge >= 0.3 is 5.97 Å². The lowest BCUT2D eigenvalue weighted by Gasteiger charge is -2.28. The summed E-state index contributed by atoms with van der Waals surface area (Å²) in [5.74, 6) is -0.313. The van der Waals surface area contributed by atoms with Crippen molar-refractivity contribution < 1.29 is 14.6 Å². The number of aryl methyl sites for hydroxylation is 1. The van der Waals surface area contributed by atoms with E-state index in [-0.39, 0.29) is 12.0 Å². The van der Waals surface area contributed by atoms with E-state index < -0.39 is 5.97 Å². The number of rotatable bonds is 6. The monoisotopic (exact) mass is 265 g/mol. The Bertz CT molecular complexity index is 445. The maximum absolute atomic E-state index is 10.9. The second-order valence-corrected chi connectivity index (χ2v) is 5.10. The molecule has 0 saturated carbocycles. The highest BCUT2D eigenvalue weighted by molar-refractivity contribution is 5.69. The molecule has 0 saturated heterocycles. The Kier molecular flexibility index (Phi) is 5.36. The van der Waals surface area contributed by atoms with Gasteiger partial charge in [-0.3, -0.25) is 9.69 Å². The SMILES string of the molecule is COc1ccc(C)cc1C(C)N(C)CC(C)C(=O)O. The average Bonchev–Trinajstić information content (AvgIpc) is 2.37. The van der Waals surface area contributed by atoms with Crippen LogP contribution < -0.4 is 4.74 Å². The highest BCUT2D eigenvalue weighted by Crippen LogP contribution is 2.29. The standard InChI is InChI=1S/C15H23NO3/c1-10-6-7-14(19-5)13(8-10)12(3)16(4)9-11(2)15(17)18/h6-8,11-12H,9H2,1-5H3,(H,17,18). The van der Waals surface area contributed by atoms with Crippen molar-refractivity contribution in [2.45, 2.75) is 26.8 Å². The summed E-state index contributed by atoms with van der Waals surface area (Å²) in [6.45, 7) is 6.33. The lowest BCUT2D eigenvalue weighted by molar-refractivity contribution is -0.141. The first kappa shape index (κ1) is 15.5. The Morgan fingerprint density at radius 1 is 1.42 bits per heavy atom. The topological polar surface area (TPSA) is 49.8 Å². The number of methoxy groups -OCH3 is 1. The molecule has 0 aliphatic heterocycles. The summed E-state index contributed by atoms with van der Waals surface area (Å²) in [7, 11) is 3.59. The van der Waals surface area contributed by atoms with E-state index in [1.54, 1.807) is 14.0 Å². The van der Waals surface area contributed by atoms with Crippen LogP contribution in [-0.4, -0.2) is 36.7 Å². The van der Waals surface area contributed by atoms with Crippen molar-refractivity contribution >= 4 is 5.97 Å². The molecule has 0 bridgehead atoms. The third-order valence-electron chi connectivity index (χ3n) is 3.48. The van der Waals surface area contributed by atoms with E-state index in [0.29, 0.717) is 6.54 Å². The summed E-state index contributed by atoms with van der Waals surface area (Å²) < 4.78 is 5.38. The van der Waals surface area contributed by atoms with Gasteiger partial charge < -0.3 is 9.84 Å². The van der Waals surface area contributed by atoms with E-state index in [2.05, 4.69) is 13.0 Å². The van der Waals surface area contributed by atoms with Gasteiger partial charge in [-0.25, -0.2) is 0 Å². The third kappa shape index (κ3) is 3.96. The molecule has 1 aromatic carbocycles. The molecule has 1 aromatic rings. The molecule has 0 aliphatic carbocycles. The van der Waals surface area contributed by atoms with Crippen LogP contribution in [0.4, 0.5) is 0 Å². The third-order valence-corrected chi connectivity index (χ3v) is 3.48.